The molecule has 0 fully saturated rings. The summed E-state index contributed by atoms with van der Waals surface area (Å²) in [6.07, 6.45) is 0. The Hall–Kier alpha value is -2.17. The third kappa shape index (κ3) is 2.50. The molecule has 0 aliphatic rings. The van der Waals surface area contributed by atoms with Crippen LogP contribution in [0.3, 0.4) is 0 Å². The molecule has 1 aromatic heterocycles. The summed E-state index contributed by atoms with van der Waals surface area (Å²) in [6.45, 7) is 7.84. The maximum Gasteiger partial charge on any atom is 0.335 e. The molecule has 0 atom stereocenters. The summed E-state index contributed by atoms with van der Waals surface area (Å²) in [4.78, 5) is 15.4. The fraction of sp³-hybridized carbons (Fsp3) is 0.357. The van der Waals surface area contributed by atoms with Gasteiger partial charge >= 0.3 is 5.97 Å². The van der Waals surface area contributed by atoms with E-state index in [1.807, 2.05) is 13.8 Å². The van der Waals surface area contributed by atoms with Gasteiger partial charge in [-0.15, -0.1) is 0 Å². The molecule has 1 heterocycles. The zero-order valence-corrected chi connectivity index (χ0v) is 11.5. The van der Waals surface area contributed by atoms with Crippen LogP contribution < -0.4 is 0 Å². The molecule has 0 radical (unpaired) electrons. The summed E-state index contributed by atoms with van der Waals surface area (Å²) in [7, 11) is 0. The summed E-state index contributed by atoms with van der Waals surface area (Å²) in [5, 5.41) is 13.4. The molecular formula is C14H17N3O2. The topological polar surface area (TPSA) is 68.0 Å². The van der Waals surface area contributed by atoms with Gasteiger partial charge < -0.3 is 5.11 Å². The van der Waals surface area contributed by atoms with Crippen molar-refractivity contribution < 1.29 is 9.90 Å². The van der Waals surface area contributed by atoms with Crippen molar-refractivity contribution in [2.24, 2.45) is 0 Å². The van der Waals surface area contributed by atoms with E-state index in [9.17, 15) is 4.79 Å². The normalized spacial score (nSPS) is 11.0. The highest BCUT2D eigenvalue weighted by Gasteiger charge is 2.15. The highest BCUT2D eigenvalue weighted by Crippen LogP contribution is 2.21. The average Bonchev–Trinajstić information content (AvgIpc) is 2.71. The van der Waals surface area contributed by atoms with Crippen LogP contribution in [0.25, 0.3) is 5.69 Å². The Morgan fingerprint density at radius 1 is 1.32 bits per heavy atom. The molecule has 0 aliphatic heterocycles. The van der Waals surface area contributed by atoms with Crippen LogP contribution in [-0.2, 0) is 0 Å². The van der Waals surface area contributed by atoms with Crippen LogP contribution in [0.15, 0.2) is 18.2 Å². The van der Waals surface area contributed by atoms with Gasteiger partial charge in [0.05, 0.1) is 11.3 Å². The van der Waals surface area contributed by atoms with Crippen molar-refractivity contribution in [2.45, 2.75) is 33.6 Å². The fourth-order valence-corrected chi connectivity index (χ4v) is 2.01. The van der Waals surface area contributed by atoms with E-state index in [0.717, 1.165) is 17.1 Å². The van der Waals surface area contributed by atoms with E-state index >= 15 is 0 Å². The molecule has 100 valence electrons. The molecule has 2 rings (SSSR count). The van der Waals surface area contributed by atoms with E-state index in [1.54, 1.807) is 22.9 Å². The lowest BCUT2D eigenvalue weighted by molar-refractivity contribution is 0.0697. The molecule has 1 aromatic carbocycles. The SMILES string of the molecule is Cc1nc(C(C)C)n(-c2ccc(C(=O)O)cc2C)n1. The van der Waals surface area contributed by atoms with E-state index in [2.05, 4.69) is 23.9 Å². The first-order valence-corrected chi connectivity index (χ1v) is 6.18. The standard InChI is InChI=1S/C14H17N3O2/c1-8(2)13-15-10(4)16-17(13)12-6-5-11(14(18)19)7-9(12)3/h5-8H,1-4H3,(H,18,19). The summed E-state index contributed by atoms with van der Waals surface area (Å²) in [5.41, 5.74) is 2.02. The fourth-order valence-electron chi connectivity index (χ4n) is 2.01. The van der Waals surface area contributed by atoms with Gasteiger partial charge in [0.1, 0.15) is 11.6 Å². The number of carbonyl (C=O) groups is 1. The monoisotopic (exact) mass is 259 g/mol. The summed E-state index contributed by atoms with van der Waals surface area (Å²) in [5.74, 6) is 0.919. The van der Waals surface area contributed by atoms with Gasteiger partial charge in [-0.25, -0.2) is 14.5 Å². The van der Waals surface area contributed by atoms with Crippen LogP contribution in [-0.4, -0.2) is 25.8 Å². The number of carboxylic acid groups (broad SMARTS) is 1. The second-order valence-corrected chi connectivity index (χ2v) is 4.89. The smallest absolute Gasteiger partial charge is 0.335 e. The quantitative estimate of drug-likeness (QED) is 0.920. The second-order valence-electron chi connectivity index (χ2n) is 4.89. The number of hydrogen-bond acceptors (Lipinski definition) is 3. The van der Waals surface area contributed by atoms with Gasteiger partial charge in [-0.1, -0.05) is 13.8 Å². The average molecular weight is 259 g/mol. The van der Waals surface area contributed by atoms with Crippen LogP contribution in [0, 0.1) is 13.8 Å². The highest BCUT2D eigenvalue weighted by molar-refractivity contribution is 5.88. The molecule has 1 N–H and O–H groups in total. The molecule has 0 saturated heterocycles. The largest absolute Gasteiger partial charge is 0.478 e. The lowest BCUT2D eigenvalue weighted by Crippen LogP contribution is -2.07. The van der Waals surface area contributed by atoms with Crippen LogP contribution in [0.5, 0.6) is 0 Å². The molecule has 19 heavy (non-hydrogen) atoms. The van der Waals surface area contributed by atoms with Crippen molar-refractivity contribution in [3.8, 4) is 5.69 Å². The van der Waals surface area contributed by atoms with Gasteiger partial charge in [-0.05, 0) is 37.6 Å². The molecule has 0 aliphatic carbocycles. The Labute approximate surface area is 111 Å². The van der Waals surface area contributed by atoms with Crippen molar-refractivity contribution in [1.29, 1.82) is 0 Å². The van der Waals surface area contributed by atoms with Crippen molar-refractivity contribution in [3.63, 3.8) is 0 Å². The number of aromatic carboxylic acids is 1. The molecule has 0 spiro atoms. The molecule has 0 unspecified atom stereocenters. The van der Waals surface area contributed by atoms with E-state index in [1.165, 1.54) is 0 Å². The van der Waals surface area contributed by atoms with Gasteiger partial charge in [-0.3, -0.25) is 0 Å². The van der Waals surface area contributed by atoms with Gasteiger partial charge in [0.15, 0.2) is 0 Å². The molecule has 0 amide bonds. The van der Waals surface area contributed by atoms with Crippen molar-refractivity contribution in [1.82, 2.24) is 14.8 Å². The first-order valence-electron chi connectivity index (χ1n) is 6.18. The van der Waals surface area contributed by atoms with Crippen LogP contribution in [0.1, 0.15) is 47.3 Å². The Morgan fingerprint density at radius 2 is 2.00 bits per heavy atom. The summed E-state index contributed by atoms with van der Waals surface area (Å²) >= 11 is 0. The number of rotatable bonds is 3. The van der Waals surface area contributed by atoms with Gasteiger partial charge in [0, 0.05) is 5.92 Å². The van der Waals surface area contributed by atoms with Crippen molar-refractivity contribution in [3.05, 3.63) is 41.0 Å². The minimum atomic E-state index is -0.923. The van der Waals surface area contributed by atoms with E-state index in [-0.39, 0.29) is 11.5 Å². The lowest BCUT2D eigenvalue weighted by Gasteiger charge is -2.11. The number of benzene rings is 1. The predicted molar refractivity (Wildman–Crippen MR) is 71.9 cm³/mol. The number of nitrogens with zero attached hydrogens (tertiary/aromatic N) is 3. The Morgan fingerprint density at radius 3 is 2.53 bits per heavy atom. The molecular weight excluding hydrogens is 242 g/mol. The van der Waals surface area contributed by atoms with Crippen LogP contribution in [0.4, 0.5) is 0 Å². The number of aromatic nitrogens is 3. The van der Waals surface area contributed by atoms with Crippen molar-refractivity contribution in [2.75, 3.05) is 0 Å². The maximum absolute atomic E-state index is 10.9. The maximum atomic E-state index is 10.9. The van der Waals surface area contributed by atoms with E-state index < -0.39 is 5.97 Å². The van der Waals surface area contributed by atoms with E-state index in [0.29, 0.717) is 5.82 Å². The highest BCUT2D eigenvalue weighted by atomic mass is 16.4. The zero-order chi connectivity index (χ0) is 14.2. The van der Waals surface area contributed by atoms with Crippen LogP contribution >= 0.6 is 0 Å². The van der Waals surface area contributed by atoms with E-state index in [4.69, 9.17) is 5.11 Å². The predicted octanol–water partition coefficient (Wildman–Crippen LogP) is 2.71. The lowest BCUT2D eigenvalue weighted by atomic mass is 10.1. The molecule has 5 heteroatoms. The molecule has 0 bridgehead atoms. The van der Waals surface area contributed by atoms with Gasteiger partial charge in [-0.2, -0.15) is 5.10 Å². The molecule has 5 nitrogen and oxygen atoms in total. The van der Waals surface area contributed by atoms with Crippen LogP contribution in [0.2, 0.25) is 0 Å². The summed E-state index contributed by atoms with van der Waals surface area (Å²) < 4.78 is 1.79. The second kappa shape index (κ2) is 4.84. The third-order valence-corrected chi connectivity index (χ3v) is 2.93. The minimum absolute atomic E-state index is 0.250. The Balaban J connectivity index is 2.56. The minimum Gasteiger partial charge on any atom is -0.478 e. The number of hydrogen-bond donors (Lipinski definition) is 1. The number of carboxylic acids is 1. The van der Waals surface area contributed by atoms with Crippen molar-refractivity contribution >= 4 is 5.97 Å². The third-order valence-electron chi connectivity index (χ3n) is 2.93. The van der Waals surface area contributed by atoms with Gasteiger partial charge in [0.25, 0.3) is 0 Å². The Bertz CT molecular complexity index is 630. The number of aryl methyl sites for hydroxylation is 2. The zero-order valence-electron chi connectivity index (χ0n) is 11.5. The van der Waals surface area contributed by atoms with Gasteiger partial charge in [0.2, 0.25) is 0 Å². The first kappa shape index (κ1) is 13.3. The summed E-state index contributed by atoms with van der Waals surface area (Å²) in [6, 6.07) is 5.02. The molecule has 0 saturated carbocycles. The molecule has 2 aromatic rings. The first-order chi connectivity index (χ1) is 8.90. The Kier molecular flexibility index (Phi) is 3.38.